The first kappa shape index (κ1) is 10.1. The Kier molecular flexibility index (Phi) is 2.25. The van der Waals surface area contributed by atoms with Gasteiger partial charge in [0.25, 0.3) is 5.82 Å². The number of fused-ring (bicyclic) bond motifs is 1. The van der Waals surface area contributed by atoms with Gasteiger partial charge >= 0.3 is 0 Å². The highest BCUT2D eigenvalue weighted by atomic mass is 15.1. The van der Waals surface area contributed by atoms with Gasteiger partial charge in [-0.25, -0.2) is 4.57 Å². The van der Waals surface area contributed by atoms with Gasteiger partial charge in [0, 0.05) is 12.1 Å². The lowest BCUT2D eigenvalue weighted by Crippen LogP contribution is -2.37. The number of nitrogens with two attached hydrogens (primary N) is 2. The van der Waals surface area contributed by atoms with E-state index >= 15 is 0 Å². The first-order chi connectivity index (χ1) is 8.25. The van der Waals surface area contributed by atoms with Crippen molar-refractivity contribution >= 4 is 11.5 Å². The van der Waals surface area contributed by atoms with E-state index in [4.69, 9.17) is 11.5 Å². The molecule has 0 radical (unpaired) electrons. The zero-order valence-corrected chi connectivity index (χ0v) is 9.69. The average Bonchev–Trinajstić information content (AvgIpc) is 2.80. The third-order valence-corrected chi connectivity index (χ3v) is 3.39. The van der Waals surface area contributed by atoms with Gasteiger partial charge in [-0.15, -0.1) is 0 Å². The maximum Gasteiger partial charge on any atom is 0.280 e. The number of nitrogen functional groups attached to an aromatic ring is 2. The lowest BCUT2D eigenvalue weighted by atomic mass is 10.1. The lowest BCUT2D eigenvalue weighted by Gasteiger charge is -2.07. The summed E-state index contributed by atoms with van der Waals surface area (Å²) in [5.74, 6) is 0.866. The largest absolute Gasteiger partial charge is 0.399 e. The minimum absolute atomic E-state index is 0.779. The second-order valence-corrected chi connectivity index (χ2v) is 4.50. The fourth-order valence-corrected chi connectivity index (χ4v) is 2.46. The molecule has 3 heteroatoms. The molecule has 2 heterocycles. The maximum absolute atomic E-state index is 6.24. The molecule has 1 aromatic carbocycles. The zero-order chi connectivity index (χ0) is 11.8. The molecule has 1 aromatic heterocycles. The number of aryl methyl sites for hydroxylation is 1. The third-order valence-electron chi connectivity index (χ3n) is 3.39. The number of anilines is 2. The van der Waals surface area contributed by atoms with E-state index in [0.717, 1.165) is 35.6 Å². The van der Waals surface area contributed by atoms with Crippen LogP contribution in [0.2, 0.25) is 0 Å². The van der Waals surface area contributed by atoms with E-state index in [0.29, 0.717) is 0 Å². The minimum Gasteiger partial charge on any atom is -0.399 e. The number of nitrogens with zero attached hydrogens (tertiary/aromatic N) is 1. The van der Waals surface area contributed by atoms with Crippen LogP contribution in [0.4, 0.5) is 11.5 Å². The highest BCUT2D eigenvalue weighted by molar-refractivity contribution is 5.73. The van der Waals surface area contributed by atoms with Crippen LogP contribution in [0.3, 0.4) is 0 Å². The lowest BCUT2D eigenvalue weighted by molar-refractivity contribution is -0.676. The monoisotopic (exact) mass is 226 g/mol. The van der Waals surface area contributed by atoms with Gasteiger partial charge < -0.3 is 5.73 Å². The van der Waals surface area contributed by atoms with Gasteiger partial charge in [-0.3, -0.25) is 5.73 Å². The Morgan fingerprint density at radius 3 is 2.47 bits per heavy atom. The Morgan fingerprint density at radius 1 is 0.941 bits per heavy atom. The first-order valence-corrected chi connectivity index (χ1v) is 5.93. The molecule has 0 saturated carbocycles. The summed E-state index contributed by atoms with van der Waals surface area (Å²) >= 11 is 0. The van der Waals surface area contributed by atoms with Crippen molar-refractivity contribution in [3.63, 3.8) is 0 Å². The predicted molar refractivity (Wildman–Crippen MR) is 69.2 cm³/mol. The molecule has 17 heavy (non-hydrogen) atoms. The Labute approximate surface area is 101 Å². The smallest absolute Gasteiger partial charge is 0.280 e. The van der Waals surface area contributed by atoms with Crippen molar-refractivity contribution in [2.45, 2.75) is 19.4 Å². The van der Waals surface area contributed by atoms with E-state index in [1.807, 2.05) is 24.3 Å². The number of rotatable bonds is 1. The van der Waals surface area contributed by atoms with Crippen molar-refractivity contribution in [2.24, 2.45) is 0 Å². The summed E-state index contributed by atoms with van der Waals surface area (Å²) in [5, 5.41) is 0. The highest BCUT2D eigenvalue weighted by Gasteiger charge is 2.21. The Hall–Kier alpha value is -2.03. The summed E-state index contributed by atoms with van der Waals surface area (Å²) in [6, 6.07) is 12.1. The van der Waals surface area contributed by atoms with E-state index < -0.39 is 0 Å². The van der Waals surface area contributed by atoms with Crippen molar-refractivity contribution in [1.29, 1.82) is 0 Å². The normalized spacial score (nSPS) is 13.6. The first-order valence-electron chi connectivity index (χ1n) is 5.93. The quantitative estimate of drug-likeness (QED) is 0.575. The van der Waals surface area contributed by atoms with Gasteiger partial charge in [-0.05, 0) is 36.2 Å². The van der Waals surface area contributed by atoms with Crippen LogP contribution < -0.4 is 16.0 Å². The van der Waals surface area contributed by atoms with Crippen LogP contribution in [-0.2, 0) is 13.0 Å². The minimum atomic E-state index is 0.779. The maximum atomic E-state index is 6.24. The van der Waals surface area contributed by atoms with E-state index in [2.05, 4.69) is 16.7 Å². The van der Waals surface area contributed by atoms with Crippen molar-refractivity contribution in [3.05, 3.63) is 42.1 Å². The second kappa shape index (κ2) is 3.77. The highest BCUT2D eigenvalue weighted by Crippen LogP contribution is 2.26. The van der Waals surface area contributed by atoms with Crippen LogP contribution in [0.1, 0.15) is 12.1 Å². The third kappa shape index (κ3) is 1.64. The molecule has 4 N–H and O–H groups in total. The van der Waals surface area contributed by atoms with Crippen LogP contribution in [0.25, 0.3) is 11.1 Å². The number of hydrogen-bond donors (Lipinski definition) is 2. The number of aromatic nitrogens is 1. The molecular weight excluding hydrogens is 210 g/mol. The molecule has 0 saturated heterocycles. The van der Waals surface area contributed by atoms with Gasteiger partial charge in [0.05, 0.1) is 12.1 Å². The summed E-state index contributed by atoms with van der Waals surface area (Å²) in [5.41, 5.74) is 16.3. The number of benzene rings is 1. The fourth-order valence-electron chi connectivity index (χ4n) is 2.46. The standard InChI is InChI=1S/C14H15N3/c15-11-5-3-10(4-6-11)13-8-7-12-2-1-9-17(12)14(13)16/h3-8,16H,1-2,9,15H2/p+1. The molecule has 0 bridgehead atoms. The van der Waals surface area contributed by atoms with E-state index in [1.165, 1.54) is 12.1 Å². The molecule has 1 aliphatic rings. The SMILES string of the molecule is Nc1ccc(-c2ccc3[n+](c2N)CCC3)cc1. The summed E-state index contributed by atoms with van der Waals surface area (Å²) in [4.78, 5) is 0. The molecule has 2 aromatic rings. The molecule has 0 spiro atoms. The molecule has 0 aliphatic carbocycles. The number of hydrogen-bond acceptors (Lipinski definition) is 2. The van der Waals surface area contributed by atoms with Crippen LogP contribution in [0, 0.1) is 0 Å². The molecule has 0 amide bonds. The molecule has 3 rings (SSSR count). The summed E-state index contributed by atoms with van der Waals surface area (Å²) in [7, 11) is 0. The Bertz CT molecular complexity index is 558. The molecule has 0 atom stereocenters. The predicted octanol–water partition coefficient (Wildman–Crippen LogP) is 1.75. The number of pyridine rings is 1. The van der Waals surface area contributed by atoms with E-state index in [9.17, 15) is 0 Å². The summed E-state index contributed by atoms with van der Waals surface area (Å²) < 4.78 is 2.21. The molecule has 86 valence electrons. The van der Waals surface area contributed by atoms with Crippen molar-refractivity contribution in [2.75, 3.05) is 11.5 Å². The van der Waals surface area contributed by atoms with Crippen LogP contribution in [0.5, 0.6) is 0 Å². The molecule has 0 unspecified atom stereocenters. The van der Waals surface area contributed by atoms with Crippen molar-refractivity contribution in [1.82, 2.24) is 0 Å². The molecule has 1 aliphatic heterocycles. The zero-order valence-electron chi connectivity index (χ0n) is 9.69. The van der Waals surface area contributed by atoms with Crippen molar-refractivity contribution < 1.29 is 4.57 Å². The Balaban J connectivity index is 2.12. The van der Waals surface area contributed by atoms with Crippen LogP contribution in [-0.4, -0.2) is 0 Å². The van der Waals surface area contributed by atoms with E-state index in [-0.39, 0.29) is 0 Å². The Morgan fingerprint density at radius 2 is 1.71 bits per heavy atom. The van der Waals surface area contributed by atoms with Gasteiger partial charge in [-0.1, -0.05) is 12.1 Å². The van der Waals surface area contributed by atoms with Crippen LogP contribution >= 0.6 is 0 Å². The van der Waals surface area contributed by atoms with Gasteiger partial charge in [0.2, 0.25) is 0 Å². The molecule has 3 nitrogen and oxygen atoms in total. The average molecular weight is 226 g/mol. The second-order valence-electron chi connectivity index (χ2n) is 4.50. The van der Waals surface area contributed by atoms with Crippen molar-refractivity contribution in [3.8, 4) is 11.1 Å². The molecular formula is C14H16N3+. The van der Waals surface area contributed by atoms with Crippen LogP contribution in [0.15, 0.2) is 36.4 Å². The van der Waals surface area contributed by atoms with Gasteiger partial charge in [0.1, 0.15) is 5.69 Å². The van der Waals surface area contributed by atoms with Gasteiger partial charge in [0.15, 0.2) is 0 Å². The van der Waals surface area contributed by atoms with E-state index in [1.54, 1.807) is 0 Å². The summed E-state index contributed by atoms with van der Waals surface area (Å²) in [6.07, 6.45) is 2.32. The fraction of sp³-hybridized carbons (Fsp3) is 0.214. The van der Waals surface area contributed by atoms with Gasteiger partial charge in [-0.2, -0.15) is 0 Å². The molecule has 0 fully saturated rings. The summed E-state index contributed by atoms with van der Waals surface area (Å²) in [6.45, 7) is 1.03. The topological polar surface area (TPSA) is 55.9 Å².